The molecule has 0 aromatic carbocycles. The number of carbonyl (C=O) groups is 1. The minimum atomic E-state index is -0.149. The molecule has 19 heavy (non-hydrogen) atoms. The van der Waals surface area contributed by atoms with E-state index in [0.29, 0.717) is 18.9 Å². The van der Waals surface area contributed by atoms with Crippen molar-refractivity contribution >= 4 is 18.3 Å². The Labute approximate surface area is 123 Å². The van der Waals surface area contributed by atoms with Gasteiger partial charge in [-0.05, 0) is 38.0 Å². The first kappa shape index (κ1) is 16.8. The highest BCUT2D eigenvalue weighted by Crippen LogP contribution is 2.39. The minimum absolute atomic E-state index is 0. The molecule has 1 unspecified atom stereocenters. The third kappa shape index (κ3) is 4.96. The van der Waals surface area contributed by atoms with Crippen molar-refractivity contribution in [2.24, 2.45) is 17.6 Å². The summed E-state index contributed by atoms with van der Waals surface area (Å²) in [7, 11) is 0. The van der Waals surface area contributed by atoms with Crippen LogP contribution in [0, 0.1) is 11.8 Å². The van der Waals surface area contributed by atoms with Crippen LogP contribution in [0.2, 0.25) is 0 Å². The number of amides is 1. The number of nitrogens with two attached hydrogens (primary N) is 1. The van der Waals surface area contributed by atoms with Gasteiger partial charge in [-0.3, -0.25) is 4.79 Å². The molecule has 2 fully saturated rings. The molecule has 1 amide bonds. The van der Waals surface area contributed by atoms with E-state index in [4.69, 9.17) is 5.73 Å². The molecule has 2 aliphatic rings. The number of nitrogens with one attached hydrogen (secondary N) is 1. The maximum atomic E-state index is 12.0. The van der Waals surface area contributed by atoms with E-state index in [1.54, 1.807) is 0 Å². The van der Waals surface area contributed by atoms with Gasteiger partial charge in [0.05, 0.1) is 5.54 Å². The van der Waals surface area contributed by atoms with Crippen LogP contribution in [0.4, 0.5) is 0 Å². The molecule has 0 spiro atoms. The van der Waals surface area contributed by atoms with Gasteiger partial charge in [-0.25, -0.2) is 0 Å². The molecule has 0 aromatic rings. The number of hydrogen-bond donors (Lipinski definition) is 2. The zero-order valence-electron chi connectivity index (χ0n) is 12.1. The van der Waals surface area contributed by atoms with Crippen molar-refractivity contribution in [3.63, 3.8) is 0 Å². The van der Waals surface area contributed by atoms with Crippen LogP contribution in [-0.4, -0.2) is 18.0 Å². The molecule has 2 saturated carbocycles. The van der Waals surface area contributed by atoms with E-state index in [1.807, 2.05) is 0 Å². The van der Waals surface area contributed by atoms with E-state index >= 15 is 0 Å². The summed E-state index contributed by atoms with van der Waals surface area (Å²) in [4.78, 5) is 12.0. The monoisotopic (exact) mass is 288 g/mol. The van der Waals surface area contributed by atoms with Crippen molar-refractivity contribution in [2.75, 3.05) is 6.54 Å². The van der Waals surface area contributed by atoms with Gasteiger partial charge in [-0.15, -0.1) is 12.4 Å². The molecule has 0 radical (unpaired) electrons. The molecule has 2 aliphatic carbocycles. The normalized spacial score (nSPS) is 23.3. The molecule has 0 heterocycles. The molecule has 0 bridgehead atoms. The topological polar surface area (TPSA) is 55.1 Å². The number of halogens is 1. The first-order chi connectivity index (χ1) is 8.64. The van der Waals surface area contributed by atoms with Crippen molar-refractivity contribution in [1.82, 2.24) is 5.32 Å². The van der Waals surface area contributed by atoms with E-state index in [1.165, 1.54) is 44.9 Å². The predicted molar refractivity (Wildman–Crippen MR) is 81.4 cm³/mol. The predicted octanol–water partition coefficient (Wildman–Crippen LogP) is 3.01. The summed E-state index contributed by atoms with van der Waals surface area (Å²) in [5.41, 5.74) is 5.67. The van der Waals surface area contributed by atoms with Gasteiger partial charge in [0.25, 0.3) is 0 Å². The average Bonchev–Trinajstić information content (AvgIpc) is 3.22. The summed E-state index contributed by atoms with van der Waals surface area (Å²) >= 11 is 0. The van der Waals surface area contributed by atoms with Crippen LogP contribution in [0.25, 0.3) is 0 Å². The van der Waals surface area contributed by atoms with Crippen LogP contribution < -0.4 is 11.1 Å². The van der Waals surface area contributed by atoms with Crippen LogP contribution in [-0.2, 0) is 4.79 Å². The van der Waals surface area contributed by atoms with Crippen molar-refractivity contribution < 1.29 is 4.79 Å². The summed E-state index contributed by atoms with van der Waals surface area (Å²) in [6, 6.07) is 0. The third-order valence-electron chi connectivity index (χ3n) is 4.83. The fourth-order valence-corrected chi connectivity index (χ4v) is 3.23. The molecule has 3 N–H and O–H groups in total. The smallest absolute Gasteiger partial charge is 0.220 e. The summed E-state index contributed by atoms with van der Waals surface area (Å²) in [6.45, 7) is 2.66. The van der Waals surface area contributed by atoms with Crippen molar-refractivity contribution in [3.05, 3.63) is 0 Å². The zero-order chi connectivity index (χ0) is 13.0. The Morgan fingerprint density at radius 2 is 1.84 bits per heavy atom. The molecular weight excluding hydrogens is 260 g/mol. The fraction of sp³-hybridized carbons (Fsp3) is 0.933. The molecule has 2 rings (SSSR count). The SMILES string of the molecule is CC(CN)(NC(=O)CCC1CCCCC1)C1CC1.Cl. The van der Waals surface area contributed by atoms with E-state index < -0.39 is 0 Å². The van der Waals surface area contributed by atoms with E-state index in [-0.39, 0.29) is 23.9 Å². The van der Waals surface area contributed by atoms with Crippen LogP contribution in [0.3, 0.4) is 0 Å². The van der Waals surface area contributed by atoms with Gasteiger partial charge in [0.2, 0.25) is 5.91 Å². The lowest BCUT2D eigenvalue weighted by molar-refractivity contribution is -0.123. The van der Waals surface area contributed by atoms with Gasteiger partial charge >= 0.3 is 0 Å². The van der Waals surface area contributed by atoms with E-state index in [0.717, 1.165) is 12.3 Å². The first-order valence-corrected chi connectivity index (χ1v) is 7.65. The standard InChI is InChI=1S/C15H28N2O.ClH/c1-15(11-16,13-8-9-13)17-14(18)10-7-12-5-3-2-4-6-12;/h12-13H,2-11,16H2,1H3,(H,17,18);1H. The van der Waals surface area contributed by atoms with Gasteiger partial charge in [0.1, 0.15) is 0 Å². The molecule has 0 aliphatic heterocycles. The molecular formula is C15H29ClN2O. The number of hydrogen-bond acceptors (Lipinski definition) is 2. The Hall–Kier alpha value is -0.280. The highest BCUT2D eigenvalue weighted by Gasteiger charge is 2.41. The Morgan fingerprint density at radius 1 is 1.21 bits per heavy atom. The quantitative estimate of drug-likeness (QED) is 0.789. The van der Waals surface area contributed by atoms with Crippen molar-refractivity contribution in [3.8, 4) is 0 Å². The molecule has 0 aromatic heterocycles. The van der Waals surface area contributed by atoms with Gasteiger partial charge in [-0.2, -0.15) is 0 Å². The van der Waals surface area contributed by atoms with Crippen LogP contribution in [0.1, 0.15) is 64.7 Å². The Bertz CT molecular complexity index is 288. The summed E-state index contributed by atoms with van der Waals surface area (Å²) in [5.74, 6) is 1.61. The largest absolute Gasteiger partial charge is 0.349 e. The van der Waals surface area contributed by atoms with Crippen molar-refractivity contribution in [1.29, 1.82) is 0 Å². The second kappa shape index (κ2) is 7.49. The van der Waals surface area contributed by atoms with Crippen LogP contribution in [0.5, 0.6) is 0 Å². The Balaban J connectivity index is 0.00000180. The summed E-state index contributed by atoms with van der Waals surface area (Å²) in [5, 5.41) is 3.18. The maximum Gasteiger partial charge on any atom is 0.220 e. The lowest BCUT2D eigenvalue weighted by atomic mass is 9.86. The number of rotatable bonds is 6. The minimum Gasteiger partial charge on any atom is -0.349 e. The van der Waals surface area contributed by atoms with Gasteiger partial charge < -0.3 is 11.1 Å². The Kier molecular flexibility index (Phi) is 6.61. The molecule has 1 atom stereocenters. The number of carbonyl (C=O) groups excluding carboxylic acids is 1. The molecule has 4 heteroatoms. The lowest BCUT2D eigenvalue weighted by Gasteiger charge is -2.30. The Morgan fingerprint density at radius 3 is 2.37 bits per heavy atom. The average molecular weight is 289 g/mol. The second-order valence-corrected chi connectivity index (χ2v) is 6.49. The van der Waals surface area contributed by atoms with Gasteiger partial charge in [0.15, 0.2) is 0 Å². The molecule has 3 nitrogen and oxygen atoms in total. The summed E-state index contributed by atoms with van der Waals surface area (Å²) < 4.78 is 0. The maximum absolute atomic E-state index is 12.0. The van der Waals surface area contributed by atoms with Gasteiger partial charge in [-0.1, -0.05) is 32.1 Å². The fourth-order valence-electron chi connectivity index (χ4n) is 3.23. The van der Waals surface area contributed by atoms with Crippen LogP contribution in [0.15, 0.2) is 0 Å². The summed E-state index contributed by atoms with van der Waals surface area (Å²) in [6.07, 6.45) is 10.9. The lowest BCUT2D eigenvalue weighted by Crippen LogP contribution is -2.53. The third-order valence-corrected chi connectivity index (χ3v) is 4.83. The van der Waals surface area contributed by atoms with Gasteiger partial charge in [0, 0.05) is 13.0 Å². The van der Waals surface area contributed by atoms with E-state index in [9.17, 15) is 4.79 Å². The highest BCUT2D eigenvalue weighted by atomic mass is 35.5. The first-order valence-electron chi connectivity index (χ1n) is 7.65. The molecule has 112 valence electrons. The van der Waals surface area contributed by atoms with Crippen LogP contribution >= 0.6 is 12.4 Å². The van der Waals surface area contributed by atoms with Crippen molar-refractivity contribution in [2.45, 2.75) is 70.3 Å². The molecule has 0 saturated heterocycles. The van der Waals surface area contributed by atoms with E-state index in [2.05, 4.69) is 12.2 Å². The second-order valence-electron chi connectivity index (χ2n) is 6.49. The highest BCUT2D eigenvalue weighted by molar-refractivity contribution is 5.85. The zero-order valence-corrected chi connectivity index (χ0v) is 12.9.